The average molecular weight is 453 g/mol. The van der Waals surface area contributed by atoms with Crippen molar-refractivity contribution in [2.24, 2.45) is 18.9 Å². The van der Waals surface area contributed by atoms with Gasteiger partial charge < -0.3 is 14.3 Å². The molecule has 0 spiro atoms. The van der Waals surface area contributed by atoms with Gasteiger partial charge in [0, 0.05) is 45.6 Å². The van der Waals surface area contributed by atoms with Crippen molar-refractivity contribution in [2.45, 2.75) is 44.3 Å². The minimum Gasteiger partial charge on any atom is -0.455 e. The Morgan fingerprint density at radius 2 is 1.84 bits per heavy atom. The van der Waals surface area contributed by atoms with Gasteiger partial charge in [-0.15, -0.1) is 0 Å². The molecule has 3 aromatic rings. The lowest BCUT2D eigenvalue weighted by atomic mass is 9.91. The number of rotatable bonds is 8. The van der Waals surface area contributed by atoms with Crippen LogP contribution in [0.5, 0.6) is 0 Å². The van der Waals surface area contributed by atoms with Gasteiger partial charge in [-0.25, -0.2) is 4.98 Å². The highest BCUT2D eigenvalue weighted by atomic mass is 32.2. The fourth-order valence-electron chi connectivity index (χ4n) is 4.42. The first kappa shape index (κ1) is 22.7. The van der Waals surface area contributed by atoms with Crippen LogP contribution in [-0.4, -0.2) is 33.4 Å². The summed E-state index contributed by atoms with van der Waals surface area (Å²) in [6, 6.07) is 12.1. The topological polar surface area (TPSA) is 63.3 Å². The van der Waals surface area contributed by atoms with E-state index in [1.54, 1.807) is 24.0 Å². The molecule has 7 heteroatoms. The van der Waals surface area contributed by atoms with Crippen LogP contribution < -0.4 is 5.32 Å². The summed E-state index contributed by atoms with van der Waals surface area (Å²) in [6.45, 7) is 8.51. The van der Waals surface area contributed by atoms with E-state index in [4.69, 9.17) is 4.42 Å². The van der Waals surface area contributed by atoms with Gasteiger partial charge in [-0.05, 0) is 41.5 Å². The molecule has 1 N–H and O–H groups in total. The standard InChI is InChI=1S/C25H32N4O2S/c1-18-12-19(2)15-29(14-18)16-21-6-4-20(5-7-21)13-27-24(30)23-9-8-22(31-23)17-32-25-26-10-11-28(25)3/h4-11,18-19H,12-17H2,1-3H3,(H,27,30). The van der Waals surface area contributed by atoms with E-state index < -0.39 is 0 Å². The number of furan rings is 1. The summed E-state index contributed by atoms with van der Waals surface area (Å²) in [6.07, 6.45) is 5.00. The van der Waals surface area contributed by atoms with Gasteiger partial charge in [0.2, 0.25) is 0 Å². The van der Waals surface area contributed by atoms with Crippen molar-refractivity contribution in [1.82, 2.24) is 19.8 Å². The molecular formula is C25H32N4O2S. The highest BCUT2D eigenvalue weighted by Crippen LogP contribution is 2.23. The van der Waals surface area contributed by atoms with Gasteiger partial charge in [-0.3, -0.25) is 9.69 Å². The number of imidazole rings is 1. The monoisotopic (exact) mass is 452 g/mol. The summed E-state index contributed by atoms with van der Waals surface area (Å²) in [5.74, 6) is 3.07. The Morgan fingerprint density at radius 1 is 1.12 bits per heavy atom. The van der Waals surface area contributed by atoms with Gasteiger partial charge in [0.15, 0.2) is 10.9 Å². The summed E-state index contributed by atoms with van der Waals surface area (Å²) >= 11 is 1.58. The van der Waals surface area contributed by atoms with Crippen molar-refractivity contribution in [3.63, 3.8) is 0 Å². The second-order valence-corrected chi connectivity index (χ2v) is 9.96. The zero-order valence-electron chi connectivity index (χ0n) is 19.1. The summed E-state index contributed by atoms with van der Waals surface area (Å²) < 4.78 is 7.68. The molecule has 1 aromatic carbocycles. The Kier molecular flexibility index (Phi) is 7.37. The summed E-state index contributed by atoms with van der Waals surface area (Å²) in [5.41, 5.74) is 2.40. The van der Waals surface area contributed by atoms with Crippen molar-refractivity contribution in [1.29, 1.82) is 0 Å². The van der Waals surface area contributed by atoms with Crippen LogP contribution >= 0.6 is 11.8 Å². The van der Waals surface area contributed by atoms with E-state index in [-0.39, 0.29) is 5.91 Å². The molecule has 2 aromatic heterocycles. The van der Waals surface area contributed by atoms with Gasteiger partial charge in [-0.2, -0.15) is 0 Å². The number of nitrogens with zero attached hydrogens (tertiary/aromatic N) is 3. The van der Waals surface area contributed by atoms with Crippen LogP contribution in [0.4, 0.5) is 0 Å². The first-order chi connectivity index (χ1) is 15.5. The SMILES string of the molecule is CC1CC(C)CN(Cc2ccc(CNC(=O)c3ccc(CSc4nccn4C)o3)cc2)C1. The van der Waals surface area contributed by atoms with E-state index in [9.17, 15) is 4.79 Å². The van der Waals surface area contributed by atoms with Crippen molar-refractivity contribution in [2.75, 3.05) is 13.1 Å². The van der Waals surface area contributed by atoms with Gasteiger partial charge in [-0.1, -0.05) is 49.9 Å². The number of amides is 1. The maximum Gasteiger partial charge on any atom is 0.287 e. The van der Waals surface area contributed by atoms with Crippen LogP contribution in [0.25, 0.3) is 0 Å². The Hall–Kier alpha value is -2.51. The molecule has 1 amide bonds. The summed E-state index contributed by atoms with van der Waals surface area (Å²) in [7, 11) is 1.96. The second kappa shape index (κ2) is 10.4. The first-order valence-corrected chi connectivity index (χ1v) is 12.2. The molecule has 2 atom stereocenters. The molecule has 1 aliphatic rings. The van der Waals surface area contributed by atoms with Crippen LogP contribution in [0.3, 0.4) is 0 Å². The molecule has 0 bridgehead atoms. The summed E-state index contributed by atoms with van der Waals surface area (Å²) in [5, 5.41) is 3.87. The molecule has 170 valence electrons. The number of thioether (sulfide) groups is 1. The highest BCUT2D eigenvalue weighted by molar-refractivity contribution is 7.98. The minimum atomic E-state index is -0.196. The lowest BCUT2D eigenvalue weighted by Gasteiger charge is -2.35. The number of carbonyl (C=O) groups excluding carboxylic acids is 1. The number of hydrogen-bond donors (Lipinski definition) is 1. The average Bonchev–Trinajstić information content (AvgIpc) is 3.39. The quantitative estimate of drug-likeness (QED) is 0.502. The third-order valence-corrected chi connectivity index (χ3v) is 6.91. The fraction of sp³-hybridized carbons (Fsp3) is 0.440. The van der Waals surface area contributed by atoms with Crippen LogP contribution in [0.1, 0.15) is 47.7 Å². The Labute approximate surface area is 194 Å². The molecule has 6 nitrogen and oxygen atoms in total. The predicted molar refractivity (Wildman–Crippen MR) is 127 cm³/mol. The molecular weight excluding hydrogens is 420 g/mol. The lowest BCUT2D eigenvalue weighted by Crippen LogP contribution is -2.38. The molecule has 1 saturated heterocycles. The zero-order valence-corrected chi connectivity index (χ0v) is 19.9. The molecule has 32 heavy (non-hydrogen) atoms. The Bertz CT molecular complexity index is 1020. The van der Waals surface area contributed by atoms with E-state index in [2.05, 4.69) is 53.3 Å². The van der Waals surface area contributed by atoms with E-state index >= 15 is 0 Å². The molecule has 0 radical (unpaired) electrons. The maximum atomic E-state index is 12.5. The molecule has 2 unspecified atom stereocenters. The number of carbonyl (C=O) groups is 1. The van der Waals surface area contributed by atoms with E-state index in [1.807, 2.05) is 23.9 Å². The van der Waals surface area contributed by atoms with Gasteiger partial charge in [0.05, 0.1) is 5.75 Å². The summed E-state index contributed by atoms with van der Waals surface area (Å²) in [4.78, 5) is 19.3. The number of piperidine rings is 1. The van der Waals surface area contributed by atoms with Crippen molar-refractivity contribution < 1.29 is 9.21 Å². The zero-order chi connectivity index (χ0) is 22.5. The highest BCUT2D eigenvalue weighted by Gasteiger charge is 2.21. The van der Waals surface area contributed by atoms with E-state index in [0.29, 0.717) is 18.1 Å². The number of benzene rings is 1. The predicted octanol–water partition coefficient (Wildman–Crippen LogP) is 4.71. The van der Waals surface area contributed by atoms with E-state index in [0.717, 1.165) is 34.9 Å². The third kappa shape index (κ3) is 6.04. The number of hydrogen-bond acceptors (Lipinski definition) is 5. The Morgan fingerprint density at radius 3 is 2.53 bits per heavy atom. The van der Waals surface area contributed by atoms with Crippen molar-refractivity contribution >= 4 is 17.7 Å². The largest absolute Gasteiger partial charge is 0.455 e. The van der Waals surface area contributed by atoms with Crippen molar-refractivity contribution in [3.8, 4) is 0 Å². The van der Waals surface area contributed by atoms with Gasteiger partial charge in [0.1, 0.15) is 5.76 Å². The maximum absolute atomic E-state index is 12.5. The number of nitrogens with one attached hydrogen (secondary N) is 1. The molecule has 0 aliphatic carbocycles. The number of aryl methyl sites for hydroxylation is 1. The molecule has 4 rings (SSSR count). The molecule has 3 heterocycles. The molecule has 0 saturated carbocycles. The lowest BCUT2D eigenvalue weighted by molar-refractivity contribution is 0.0921. The van der Waals surface area contributed by atoms with Crippen molar-refractivity contribution in [3.05, 3.63) is 71.4 Å². The third-order valence-electron chi connectivity index (χ3n) is 5.83. The van der Waals surface area contributed by atoms with Crippen LogP contribution in [-0.2, 0) is 25.9 Å². The smallest absolute Gasteiger partial charge is 0.287 e. The molecule has 1 aliphatic heterocycles. The van der Waals surface area contributed by atoms with Crippen LogP contribution in [0, 0.1) is 11.8 Å². The number of likely N-dealkylation sites (tertiary alicyclic amines) is 1. The first-order valence-electron chi connectivity index (χ1n) is 11.2. The number of aromatic nitrogens is 2. The minimum absolute atomic E-state index is 0.196. The van der Waals surface area contributed by atoms with Crippen LogP contribution in [0.2, 0.25) is 0 Å². The van der Waals surface area contributed by atoms with Gasteiger partial charge in [0.25, 0.3) is 5.91 Å². The normalized spacial score (nSPS) is 19.2. The Balaban J connectivity index is 1.24. The molecule has 1 fully saturated rings. The van der Waals surface area contributed by atoms with Crippen LogP contribution in [0.15, 0.2) is 58.4 Å². The van der Waals surface area contributed by atoms with Gasteiger partial charge >= 0.3 is 0 Å². The van der Waals surface area contributed by atoms with E-state index in [1.165, 1.54) is 25.1 Å². The second-order valence-electron chi connectivity index (χ2n) is 9.01. The fourth-order valence-corrected chi connectivity index (χ4v) is 5.24.